The lowest BCUT2D eigenvalue weighted by Crippen LogP contribution is -1.91. The lowest BCUT2D eigenvalue weighted by atomic mass is 10.1. The van der Waals surface area contributed by atoms with Crippen molar-refractivity contribution in [1.29, 1.82) is 0 Å². The van der Waals surface area contributed by atoms with Gasteiger partial charge in [-0.05, 0) is 37.3 Å². The Morgan fingerprint density at radius 3 is 3.08 bits per heavy atom. The van der Waals surface area contributed by atoms with Crippen molar-refractivity contribution in [2.24, 2.45) is 0 Å². The Morgan fingerprint density at radius 1 is 1.58 bits per heavy atom. The molecule has 1 fully saturated rings. The first kappa shape index (κ1) is 7.66. The molecule has 1 aliphatic carbocycles. The zero-order chi connectivity index (χ0) is 8.39. The second-order valence-corrected chi connectivity index (χ2v) is 3.19. The SMILES string of the molecule is CCOc1[c]ccc(C2CC2)c1. The Hall–Kier alpha value is -0.980. The van der Waals surface area contributed by atoms with Gasteiger partial charge >= 0.3 is 0 Å². The van der Waals surface area contributed by atoms with Crippen LogP contribution in [0.15, 0.2) is 18.2 Å². The van der Waals surface area contributed by atoms with Crippen molar-refractivity contribution in [2.45, 2.75) is 25.7 Å². The predicted molar refractivity (Wildman–Crippen MR) is 48.4 cm³/mol. The van der Waals surface area contributed by atoms with Gasteiger partial charge in [0.2, 0.25) is 0 Å². The van der Waals surface area contributed by atoms with Crippen molar-refractivity contribution >= 4 is 0 Å². The van der Waals surface area contributed by atoms with E-state index in [1.165, 1.54) is 18.4 Å². The van der Waals surface area contributed by atoms with E-state index in [0.717, 1.165) is 18.3 Å². The number of ether oxygens (including phenoxy) is 1. The topological polar surface area (TPSA) is 9.23 Å². The molecule has 0 aromatic heterocycles. The Morgan fingerprint density at radius 2 is 2.42 bits per heavy atom. The molecule has 0 amide bonds. The van der Waals surface area contributed by atoms with E-state index >= 15 is 0 Å². The van der Waals surface area contributed by atoms with Gasteiger partial charge in [0, 0.05) is 6.07 Å². The van der Waals surface area contributed by atoms with E-state index in [0.29, 0.717) is 0 Å². The highest BCUT2D eigenvalue weighted by molar-refractivity contribution is 5.31. The van der Waals surface area contributed by atoms with Gasteiger partial charge in [0.05, 0.1) is 6.61 Å². The van der Waals surface area contributed by atoms with E-state index in [2.05, 4.69) is 18.2 Å². The third-order valence-electron chi connectivity index (χ3n) is 2.15. The molecule has 1 aromatic rings. The lowest BCUT2D eigenvalue weighted by Gasteiger charge is -2.03. The highest BCUT2D eigenvalue weighted by Crippen LogP contribution is 2.40. The van der Waals surface area contributed by atoms with Gasteiger partial charge < -0.3 is 4.74 Å². The second-order valence-electron chi connectivity index (χ2n) is 3.19. The molecule has 1 heteroatoms. The summed E-state index contributed by atoms with van der Waals surface area (Å²) in [5.74, 6) is 1.70. The van der Waals surface area contributed by atoms with Crippen LogP contribution in [0.1, 0.15) is 31.2 Å². The highest BCUT2D eigenvalue weighted by atomic mass is 16.5. The number of hydrogen-bond donors (Lipinski definition) is 0. The maximum Gasteiger partial charge on any atom is 0.127 e. The molecule has 2 rings (SSSR count). The van der Waals surface area contributed by atoms with E-state index in [-0.39, 0.29) is 0 Å². The molecular weight excluding hydrogens is 148 g/mol. The quantitative estimate of drug-likeness (QED) is 0.662. The van der Waals surface area contributed by atoms with Gasteiger partial charge in [-0.2, -0.15) is 0 Å². The van der Waals surface area contributed by atoms with Gasteiger partial charge in [-0.25, -0.2) is 0 Å². The van der Waals surface area contributed by atoms with Gasteiger partial charge in [-0.1, -0.05) is 12.1 Å². The smallest absolute Gasteiger partial charge is 0.127 e. The van der Waals surface area contributed by atoms with Crippen LogP contribution in [0.25, 0.3) is 0 Å². The van der Waals surface area contributed by atoms with Crippen molar-refractivity contribution in [3.63, 3.8) is 0 Å². The molecule has 0 N–H and O–H groups in total. The summed E-state index contributed by atoms with van der Waals surface area (Å²) < 4.78 is 5.37. The summed E-state index contributed by atoms with van der Waals surface area (Å²) in [6.45, 7) is 2.72. The highest BCUT2D eigenvalue weighted by Gasteiger charge is 2.23. The standard InChI is InChI=1S/C11H13O/c1-2-12-11-5-3-4-10(8-11)9-6-7-9/h3-4,8-9H,2,6-7H2,1H3. The van der Waals surface area contributed by atoms with E-state index in [1.54, 1.807) is 0 Å². The molecule has 0 saturated heterocycles. The Labute approximate surface area is 73.4 Å². The minimum atomic E-state index is 0.727. The van der Waals surface area contributed by atoms with Crippen molar-refractivity contribution in [2.75, 3.05) is 6.61 Å². The Balaban J connectivity index is 2.15. The molecule has 12 heavy (non-hydrogen) atoms. The minimum absolute atomic E-state index is 0.727. The summed E-state index contributed by atoms with van der Waals surface area (Å²) in [7, 11) is 0. The van der Waals surface area contributed by atoms with Crippen molar-refractivity contribution in [3.05, 3.63) is 29.8 Å². The maximum absolute atomic E-state index is 5.37. The molecule has 1 nitrogen and oxygen atoms in total. The summed E-state index contributed by atoms with van der Waals surface area (Å²) in [4.78, 5) is 0. The average molecular weight is 161 g/mol. The minimum Gasteiger partial charge on any atom is -0.493 e. The zero-order valence-corrected chi connectivity index (χ0v) is 7.34. The van der Waals surface area contributed by atoms with Crippen LogP contribution < -0.4 is 4.74 Å². The summed E-state index contributed by atoms with van der Waals surface area (Å²) >= 11 is 0. The zero-order valence-electron chi connectivity index (χ0n) is 7.34. The first-order chi connectivity index (χ1) is 5.90. The fourth-order valence-electron chi connectivity index (χ4n) is 1.37. The fourth-order valence-corrected chi connectivity index (χ4v) is 1.37. The van der Waals surface area contributed by atoms with E-state index in [4.69, 9.17) is 4.74 Å². The summed E-state index contributed by atoms with van der Waals surface area (Å²) in [5.41, 5.74) is 1.41. The number of benzene rings is 1. The predicted octanol–water partition coefficient (Wildman–Crippen LogP) is 2.76. The van der Waals surface area contributed by atoms with Gasteiger partial charge in [0.15, 0.2) is 0 Å². The van der Waals surface area contributed by atoms with Crippen LogP contribution >= 0.6 is 0 Å². The lowest BCUT2D eigenvalue weighted by molar-refractivity contribution is 0.339. The third-order valence-corrected chi connectivity index (χ3v) is 2.15. The summed E-state index contributed by atoms with van der Waals surface area (Å²) in [6.07, 6.45) is 2.69. The van der Waals surface area contributed by atoms with Gasteiger partial charge in [0.1, 0.15) is 5.75 Å². The average Bonchev–Trinajstić information content (AvgIpc) is 2.88. The molecule has 63 valence electrons. The summed E-state index contributed by atoms with van der Waals surface area (Å²) in [5, 5.41) is 0. The molecular formula is C11H13O. The molecule has 1 radical (unpaired) electrons. The summed E-state index contributed by atoms with van der Waals surface area (Å²) in [6, 6.07) is 9.28. The van der Waals surface area contributed by atoms with Crippen molar-refractivity contribution < 1.29 is 4.74 Å². The van der Waals surface area contributed by atoms with Crippen molar-refractivity contribution in [1.82, 2.24) is 0 Å². The second kappa shape index (κ2) is 3.18. The maximum atomic E-state index is 5.37. The van der Waals surface area contributed by atoms with E-state index < -0.39 is 0 Å². The number of rotatable bonds is 3. The largest absolute Gasteiger partial charge is 0.493 e. The van der Waals surface area contributed by atoms with E-state index in [9.17, 15) is 0 Å². The van der Waals surface area contributed by atoms with Gasteiger partial charge in [-0.15, -0.1) is 0 Å². The molecule has 0 atom stereocenters. The van der Waals surface area contributed by atoms with E-state index in [1.807, 2.05) is 13.0 Å². The van der Waals surface area contributed by atoms with Crippen LogP contribution in [0.3, 0.4) is 0 Å². The van der Waals surface area contributed by atoms with Crippen LogP contribution in [0.2, 0.25) is 0 Å². The third kappa shape index (κ3) is 1.60. The number of hydrogen-bond acceptors (Lipinski definition) is 1. The van der Waals surface area contributed by atoms with Crippen LogP contribution in [-0.4, -0.2) is 6.61 Å². The van der Waals surface area contributed by atoms with Gasteiger partial charge in [-0.3, -0.25) is 0 Å². The first-order valence-electron chi connectivity index (χ1n) is 4.54. The molecule has 1 aromatic carbocycles. The molecule has 0 spiro atoms. The normalized spacial score (nSPS) is 16.1. The Kier molecular flexibility index (Phi) is 2.03. The van der Waals surface area contributed by atoms with Crippen LogP contribution in [-0.2, 0) is 0 Å². The Bertz CT molecular complexity index is 263. The molecule has 0 aliphatic heterocycles. The van der Waals surface area contributed by atoms with Crippen LogP contribution in [0.4, 0.5) is 0 Å². The fraction of sp³-hybridized carbons (Fsp3) is 0.455. The molecule has 0 bridgehead atoms. The molecule has 0 unspecified atom stereocenters. The monoisotopic (exact) mass is 161 g/mol. The first-order valence-corrected chi connectivity index (χ1v) is 4.54. The van der Waals surface area contributed by atoms with Crippen LogP contribution in [0, 0.1) is 6.07 Å². The molecule has 1 aliphatic rings. The van der Waals surface area contributed by atoms with Crippen LogP contribution in [0.5, 0.6) is 5.75 Å². The molecule has 1 saturated carbocycles. The molecule has 0 heterocycles. The van der Waals surface area contributed by atoms with Gasteiger partial charge in [0.25, 0.3) is 0 Å². The van der Waals surface area contributed by atoms with Crippen molar-refractivity contribution in [3.8, 4) is 5.75 Å².